The molecular weight excluding hydrogens is 344 g/mol. The number of aromatic hydroxyl groups is 2. The largest absolute Gasteiger partial charge is 0.504 e. The molecule has 2 aromatic carbocycles. The number of carbonyl (C=O) groups excluding carboxylic acids is 1. The van der Waals surface area contributed by atoms with Crippen molar-refractivity contribution < 1.29 is 38.7 Å². The van der Waals surface area contributed by atoms with Crippen molar-refractivity contribution in [1.82, 2.24) is 0 Å². The molecule has 0 bridgehead atoms. The van der Waals surface area contributed by atoms with E-state index in [9.17, 15) is 15.0 Å². The van der Waals surface area contributed by atoms with Gasteiger partial charge in [0.2, 0.25) is 18.3 Å². The fraction of sp³-hybridized carbons (Fsp3) is 0.278. The van der Waals surface area contributed by atoms with Crippen LogP contribution >= 0.6 is 0 Å². The highest BCUT2D eigenvalue weighted by Crippen LogP contribution is 2.50. The van der Waals surface area contributed by atoms with E-state index in [4.69, 9.17) is 23.7 Å². The van der Waals surface area contributed by atoms with E-state index in [-0.39, 0.29) is 41.8 Å². The van der Waals surface area contributed by atoms with Crippen LogP contribution in [-0.4, -0.2) is 37.0 Å². The number of rotatable bonds is 3. The monoisotopic (exact) mass is 360 g/mol. The highest BCUT2D eigenvalue weighted by atomic mass is 16.7. The molecule has 2 N–H and O–H groups in total. The van der Waals surface area contributed by atoms with E-state index < -0.39 is 11.9 Å². The first-order valence-electron chi connectivity index (χ1n) is 7.83. The van der Waals surface area contributed by atoms with Crippen molar-refractivity contribution in [2.45, 2.75) is 12.5 Å². The zero-order chi connectivity index (χ0) is 18.4. The topological polar surface area (TPSA) is 104 Å². The van der Waals surface area contributed by atoms with Gasteiger partial charge in [-0.1, -0.05) is 0 Å². The van der Waals surface area contributed by atoms with Crippen molar-refractivity contribution in [3.05, 3.63) is 29.3 Å². The van der Waals surface area contributed by atoms with Crippen LogP contribution in [0.15, 0.2) is 18.2 Å². The van der Waals surface area contributed by atoms with Gasteiger partial charge in [0.05, 0.1) is 20.6 Å². The second-order valence-electron chi connectivity index (χ2n) is 5.84. The van der Waals surface area contributed by atoms with Gasteiger partial charge in [-0.3, -0.25) is 4.79 Å². The Hall–Kier alpha value is -3.29. The summed E-state index contributed by atoms with van der Waals surface area (Å²) in [6.07, 6.45) is -0.636. The molecule has 2 aliphatic heterocycles. The Bertz CT molecular complexity index is 905. The van der Waals surface area contributed by atoms with Gasteiger partial charge in [-0.15, -0.1) is 0 Å². The third-order valence-corrected chi connectivity index (χ3v) is 4.37. The maximum absolute atomic E-state index is 12.6. The second-order valence-corrected chi connectivity index (χ2v) is 5.84. The number of phenolic OH excluding ortho intramolecular Hbond substituents is 2. The molecule has 26 heavy (non-hydrogen) atoms. The third kappa shape index (κ3) is 2.33. The van der Waals surface area contributed by atoms with Crippen molar-refractivity contribution in [3.63, 3.8) is 0 Å². The molecule has 0 aromatic heterocycles. The Morgan fingerprint density at radius 3 is 2.62 bits per heavy atom. The van der Waals surface area contributed by atoms with E-state index in [0.29, 0.717) is 22.8 Å². The van der Waals surface area contributed by atoms with E-state index in [0.717, 1.165) is 0 Å². The average molecular weight is 360 g/mol. The van der Waals surface area contributed by atoms with Crippen LogP contribution in [0.5, 0.6) is 40.2 Å². The number of hydrogen-bond donors (Lipinski definition) is 2. The van der Waals surface area contributed by atoms with Crippen LogP contribution in [0.25, 0.3) is 0 Å². The van der Waals surface area contributed by atoms with E-state index in [1.807, 2.05) is 0 Å². The molecule has 4 rings (SSSR count). The Morgan fingerprint density at radius 1 is 1.08 bits per heavy atom. The number of benzene rings is 2. The molecule has 136 valence electrons. The minimum absolute atomic E-state index is 0.00269. The maximum Gasteiger partial charge on any atom is 0.231 e. The number of methoxy groups -OCH3 is 2. The predicted molar refractivity (Wildman–Crippen MR) is 87.8 cm³/mol. The maximum atomic E-state index is 12.6. The lowest BCUT2D eigenvalue weighted by atomic mass is 9.94. The summed E-state index contributed by atoms with van der Waals surface area (Å²) in [6.45, 7) is 0.0873. The molecule has 0 saturated carbocycles. The molecule has 0 fully saturated rings. The quantitative estimate of drug-likeness (QED) is 0.861. The average Bonchev–Trinajstić information content (AvgIpc) is 3.09. The van der Waals surface area contributed by atoms with Crippen LogP contribution in [0.2, 0.25) is 0 Å². The van der Waals surface area contributed by atoms with E-state index in [2.05, 4.69) is 0 Å². The summed E-state index contributed by atoms with van der Waals surface area (Å²) in [6, 6.07) is 4.68. The first-order chi connectivity index (χ1) is 12.5. The summed E-state index contributed by atoms with van der Waals surface area (Å²) in [7, 11) is 2.79. The lowest BCUT2D eigenvalue weighted by Crippen LogP contribution is -2.20. The molecule has 0 radical (unpaired) electrons. The first-order valence-corrected chi connectivity index (χ1v) is 7.83. The highest BCUT2D eigenvalue weighted by molar-refractivity contribution is 6.03. The summed E-state index contributed by atoms with van der Waals surface area (Å²) in [5.41, 5.74) is 0.642. The number of phenols is 2. The Balaban J connectivity index is 1.76. The smallest absolute Gasteiger partial charge is 0.231 e. The molecule has 0 saturated heterocycles. The van der Waals surface area contributed by atoms with Crippen LogP contribution in [0, 0.1) is 0 Å². The van der Waals surface area contributed by atoms with Gasteiger partial charge in [-0.05, 0) is 12.1 Å². The van der Waals surface area contributed by atoms with E-state index in [1.165, 1.54) is 20.3 Å². The molecule has 0 spiro atoms. The molecule has 2 aliphatic rings. The van der Waals surface area contributed by atoms with Gasteiger partial charge in [0.15, 0.2) is 28.8 Å². The minimum Gasteiger partial charge on any atom is -0.504 e. The van der Waals surface area contributed by atoms with Crippen molar-refractivity contribution in [3.8, 4) is 40.2 Å². The molecule has 0 amide bonds. The van der Waals surface area contributed by atoms with Crippen molar-refractivity contribution >= 4 is 5.78 Å². The number of fused-ring (bicyclic) bond motifs is 2. The Morgan fingerprint density at radius 2 is 1.88 bits per heavy atom. The van der Waals surface area contributed by atoms with Gasteiger partial charge in [-0.2, -0.15) is 0 Å². The Kier molecular flexibility index (Phi) is 3.68. The SMILES string of the molecule is COc1cc(C2CC(=O)c3c(cc(O)c(OC)c3O)O2)cc2c1OCO2. The van der Waals surface area contributed by atoms with Gasteiger partial charge >= 0.3 is 0 Å². The highest BCUT2D eigenvalue weighted by Gasteiger charge is 2.34. The number of hydrogen-bond acceptors (Lipinski definition) is 8. The summed E-state index contributed by atoms with van der Waals surface area (Å²) >= 11 is 0. The van der Waals surface area contributed by atoms with Gasteiger partial charge < -0.3 is 33.9 Å². The van der Waals surface area contributed by atoms with Crippen LogP contribution in [0.1, 0.15) is 28.4 Å². The van der Waals surface area contributed by atoms with Crippen molar-refractivity contribution in [2.75, 3.05) is 21.0 Å². The van der Waals surface area contributed by atoms with Gasteiger partial charge in [-0.25, -0.2) is 0 Å². The van der Waals surface area contributed by atoms with Crippen molar-refractivity contribution in [2.24, 2.45) is 0 Å². The van der Waals surface area contributed by atoms with Crippen molar-refractivity contribution in [1.29, 1.82) is 0 Å². The third-order valence-electron chi connectivity index (χ3n) is 4.37. The van der Waals surface area contributed by atoms with Crippen LogP contribution in [-0.2, 0) is 0 Å². The van der Waals surface area contributed by atoms with Gasteiger partial charge in [0.25, 0.3) is 0 Å². The summed E-state index contributed by atoms with van der Waals surface area (Å²) in [4.78, 5) is 12.6. The van der Waals surface area contributed by atoms with Crippen LogP contribution < -0.4 is 23.7 Å². The number of ketones is 1. The molecular formula is C18H16O8. The normalized spacial score (nSPS) is 17.5. The zero-order valence-corrected chi connectivity index (χ0v) is 14.1. The summed E-state index contributed by atoms with van der Waals surface area (Å²) in [5.74, 6) is 0.304. The fourth-order valence-corrected chi connectivity index (χ4v) is 3.16. The van der Waals surface area contributed by atoms with Gasteiger partial charge in [0, 0.05) is 11.6 Å². The lowest BCUT2D eigenvalue weighted by Gasteiger charge is -2.27. The van der Waals surface area contributed by atoms with Gasteiger partial charge in [0.1, 0.15) is 17.4 Å². The predicted octanol–water partition coefficient (Wildman–Crippen LogP) is 2.55. The molecule has 0 aliphatic carbocycles. The molecule has 8 nitrogen and oxygen atoms in total. The van der Waals surface area contributed by atoms with E-state index >= 15 is 0 Å². The lowest BCUT2D eigenvalue weighted by molar-refractivity contribution is 0.0842. The second kappa shape index (κ2) is 5.91. The molecule has 2 aromatic rings. The molecule has 2 heterocycles. The van der Waals surface area contributed by atoms with Crippen LogP contribution in [0.3, 0.4) is 0 Å². The summed E-state index contributed by atoms with van der Waals surface area (Å²) < 4.78 is 26.9. The number of Topliss-reactive ketones (excluding diaryl/α,β-unsaturated/α-hetero) is 1. The first kappa shape index (κ1) is 16.2. The number of ether oxygens (including phenoxy) is 5. The summed E-state index contributed by atoms with van der Waals surface area (Å²) in [5, 5.41) is 20.2. The molecule has 1 atom stereocenters. The standard InChI is InChI=1S/C18H16O8/c1-22-13-3-8(4-14-18(13)25-7-24-14)11-5-9(19)15-12(26-11)6-10(20)17(23-2)16(15)21/h3-4,6,11,20-21H,5,7H2,1-2H3. The molecule has 8 heteroatoms. The minimum atomic E-state index is -0.634. The fourth-order valence-electron chi connectivity index (χ4n) is 3.16. The van der Waals surface area contributed by atoms with Crippen LogP contribution in [0.4, 0.5) is 0 Å². The zero-order valence-electron chi connectivity index (χ0n) is 14.1. The molecule has 1 unspecified atom stereocenters. The van der Waals surface area contributed by atoms with E-state index in [1.54, 1.807) is 12.1 Å². The Labute approximate surface area is 148 Å². The number of carbonyl (C=O) groups is 1.